The van der Waals surface area contributed by atoms with Crippen LogP contribution < -0.4 is 5.32 Å². The first-order valence-corrected chi connectivity index (χ1v) is 9.19. The summed E-state index contributed by atoms with van der Waals surface area (Å²) in [5.74, 6) is -0.142. The molecule has 0 atom stereocenters. The molecule has 0 radical (unpaired) electrons. The van der Waals surface area contributed by atoms with Crippen LogP contribution in [0.3, 0.4) is 0 Å². The van der Waals surface area contributed by atoms with E-state index >= 15 is 0 Å². The van der Waals surface area contributed by atoms with Gasteiger partial charge >= 0.3 is 18.2 Å². The molecular weight excluding hydrogens is 385 g/mol. The first kappa shape index (κ1) is 20.7. The van der Waals surface area contributed by atoms with Gasteiger partial charge in [-0.2, -0.15) is 13.2 Å². The number of nitrogens with zero attached hydrogens (tertiary/aromatic N) is 1. The van der Waals surface area contributed by atoms with Crippen molar-refractivity contribution in [3.63, 3.8) is 0 Å². The van der Waals surface area contributed by atoms with Gasteiger partial charge in [0.05, 0.1) is 18.2 Å². The van der Waals surface area contributed by atoms with Gasteiger partial charge in [-0.1, -0.05) is 18.2 Å². The van der Waals surface area contributed by atoms with E-state index < -0.39 is 23.7 Å². The Morgan fingerprint density at radius 1 is 1.07 bits per heavy atom. The molecule has 2 aromatic carbocycles. The van der Waals surface area contributed by atoms with Crippen LogP contribution >= 0.6 is 0 Å². The third-order valence-corrected chi connectivity index (χ3v) is 5.03. The zero-order valence-electron chi connectivity index (χ0n) is 15.8. The molecule has 1 N–H and O–H groups in total. The number of esters is 1. The molecule has 0 bridgehead atoms. The highest BCUT2D eigenvalue weighted by Crippen LogP contribution is 2.31. The van der Waals surface area contributed by atoms with E-state index in [1.54, 1.807) is 17.0 Å². The minimum Gasteiger partial charge on any atom is -0.465 e. The summed E-state index contributed by atoms with van der Waals surface area (Å²) >= 11 is 0. The first-order chi connectivity index (χ1) is 13.8. The fourth-order valence-electron chi connectivity index (χ4n) is 3.40. The van der Waals surface area contributed by atoms with Crippen LogP contribution in [0.2, 0.25) is 0 Å². The van der Waals surface area contributed by atoms with E-state index in [2.05, 4.69) is 10.1 Å². The van der Waals surface area contributed by atoms with Gasteiger partial charge in [0.15, 0.2) is 0 Å². The molecule has 0 aliphatic carbocycles. The molecular formula is C21H21F3N2O3. The number of hydrogen-bond donors (Lipinski definition) is 1. The van der Waals surface area contributed by atoms with E-state index in [9.17, 15) is 22.8 Å². The van der Waals surface area contributed by atoms with Crippen LogP contribution in [0, 0.1) is 0 Å². The maximum Gasteiger partial charge on any atom is 0.416 e. The maximum atomic E-state index is 12.8. The zero-order valence-corrected chi connectivity index (χ0v) is 15.8. The van der Waals surface area contributed by atoms with Crippen LogP contribution in [-0.2, 0) is 10.9 Å². The minimum absolute atomic E-state index is 0.116. The molecule has 8 heteroatoms. The number of ether oxygens (including phenoxy) is 1. The van der Waals surface area contributed by atoms with Gasteiger partial charge in [0.25, 0.3) is 0 Å². The standard InChI is InChI=1S/C21H21F3N2O3/c1-29-19(27)16-7-5-14(6-8-16)15-9-11-26(12-10-15)20(28)25-18-4-2-3-17(13-18)21(22,23)24/h2-8,13,15H,9-12H2,1H3,(H,25,28). The molecule has 1 aliphatic heterocycles. The quantitative estimate of drug-likeness (QED) is 0.738. The number of rotatable bonds is 3. The van der Waals surface area contributed by atoms with Crippen molar-refractivity contribution >= 4 is 17.7 Å². The summed E-state index contributed by atoms with van der Waals surface area (Å²) in [6.45, 7) is 0.989. The average molecular weight is 406 g/mol. The average Bonchev–Trinajstić information content (AvgIpc) is 2.73. The van der Waals surface area contributed by atoms with Gasteiger partial charge in [-0.25, -0.2) is 9.59 Å². The van der Waals surface area contributed by atoms with Gasteiger partial charge < -0.3 is 15.0 Å². The molecule has 0 saturated carbocycles. The number of nitrogens with one attached hydrogen (secondary N) is 1. The van der Waals surface area contributed by atoms with Gasteiger partial charge in [0.1, 0.15) is 0 Å². The summed E-state index contributed by atoms with van der Waals surface area (Å²) < 4.78 is 43.1. The molecule has 5 nitrogen and oxygen atoms in total. The molecule has 0 aromatic heterocycles. The molecule has 0 unspecified atom stereocenters. The van der Waals surface area contributed by atoms with Crippen LogP contribution in [0.15, 0.2) is 48.5 Å². The summed E-state index contributed by atoms with van der Waals surface area (Å²) in [7, 11) is 1.33. The number of carbonyl (C=O) groups is 2. The van der Waals surface area contributed by atoms with Crippen LogP contribution in [-0.4, -0.2) is 37.1 Å². The summed E-state index contributed by atoms with van der Waals surface area (Å²) in [6.07, 6.45) is -3.00. The normalized spacial score (nSPS) is 15.1. The number of anilines is 1. The molecule has 29 heavy (non-hydrogen) atoms. The van der Waals surface area contributed by atoms with E-state index in [4.69, 9.17) is 0 Å². The van der Waals surface area contributed by atoms with Crippen molar-refractivity contribution in [1.29, 1.82) is 0 Å². The first-order valence-electron chi connectivity index (χ1n) is 9.19. The minimum atomic E-state index is -4.46. The summed E-state index contributed by atoms with van der Waals surface area (Å²) in [6, 6.07) is 11.4. The number of amides is 2. The second-order valence-electron chi connectivity index (χ2n) is 6.88. The second-order valence-corrected chi connectivity index (χ2v) is 6.88. The van der Waals surface area contributed by atoms with Gasteiger partial charge in [0, 0.05) is 18.8 Å². The van der Waals surface area contributed by atoms with E-state index in [0.29, 0.717) is 18.7 Å². The van der Waals surface area contributed by atoms with Crippen LogP contribution in [0.25, 0.3) is 0 Å². The molecule has 1 aliphatic rings. The molecule has 1 saturated heterocycles. The second kappa shape index (κ2) is 8.55. The number of halogens is 3. The maximum absolute atomic E-state index is 12.8. The van der Waals surface area contributed by atoms with E-state index in [1.807, 2.05) is 12.1 Å². The molecule has 3 rings (SSSR count). The van der Waals surface area contributed by atoms with Crippen molar-refractivity contribution in [1.82, 2.24) is 4.90 Å². The number of carbonyl (C=O) groups excluding carboxylic acids is 2. The Labute approximate surface area is 166 Å². The summed E-state index contributed by atoms with van der Waals surface area (Å²) in [5, 5.41) is 2.54. The predicted octanol–water partition coefficient (Wildman–Crippen LogP) is 4.90. The van der Waals surface area contributed by atoms with Gasteiger partial charge in [-0.05, 0) is 54.7 Å². The van der Waals surface area contributed by atoms with Crippen LogP contribution in [0.5, 0.6) is 0 Å². The molecule has 1 heterocycles. The van der Waals surface area contributed by atoms with Gasteiger partial charge in [-0.3, -0.25) is 0 Å². The lowest BCUT2D eigenvalue weighted by Crippen LogP contribution is -2.40. The topological polar surface area (TPSA) is 58.6 Å². The molecule has 2 aromatic rings. The van der Waals surface area contributed by atoms with Crippen molar-refractivity contribution in [2.75, 3.05) is 25.5 Å². The number of piperidine rings is 1. The van der Waals surface area contributed by atoms with Gasteiger partial charge in [-0.15, -0.1) is 0 Å². The number of likely N-dealkylation sites (tertiary alicyclic amines) is 1. The summed E-state index contributed by atoms with van der Waals surface area (Å²) in [5.41, 5.74) is 0.875. The monoisotopic (exact) mass is 406 g/mol. The molecule has 1 fully saturated rings. The van der Waals surface area contributed by atoms with Crippen molar-refractivity contribution in [2.24, 2.45) is 0 Å². The third-order valence-electron chi connectivity index (χ3n) is 5.03. The van der Waals surface area contributed by atoms with Gasteiger partial charge in [0.2, 0.25) is 0 Å². The Hall–Kier alpha value is -3.03. The lowest BCUT2D eigenvalue weighted by molar-refractivity contribution is -0.137. The Kier molecular flexibility index (Phi) is 6.10. The Morgan fingerprint density at radius 3 is 2.31 bits per heavy atom. The van der Waals surface area contributed by atoms with Crippen LogP contribution in [0.1, 0.15) is 40.2 Å². The van der Waals surface area contributed by atoms with Crippen molar-refractivity contribution in [3.8, 4) is 0 Å². The van der Waals surface area contributed by atoms with E-state index in [1.165, 1.54) is 19.2 Å². The Bertz CT molecular complexity index is 873. The van der Waals surface area contributed by atoms with Crippen molar-refractivity contribution in [2.45, 2.75) is 24.9 Å². The highest BCUT2D eigenvalue weighted by Gasteiger charge is 2.31. The lowest BCUT2D eigenvalue weighted by atomic mass is 9.89. The fourth-order valence-corrected chi connectivity index (χ4v) is 3.40. The van der Waals surface area contributed by atoms with E-state index in [0.717, 1.165) is 30.5 Å². The van der Waals surface area contributed by atoms with E-state index in [-0.39, 0.29) is 11.6 Å². The molecule has 0 spiro atoms. The van der Waals surface area contributed by atoms with Crippen molar-refractivity contribution in [3.05, 3.63) is 65.2 Å². The predicted molar refractivity (Wildman–Crippen MR) is 102 cm³/mol. The van der Waals surface area contributed by atoms with Crippen LogP contribution in [0.4, 0.5) is 23.7 Å². The highest BCUT2D eigenvalue weighted by atomic mass is 19.4. The number of benzene rings is 2. The number of hydrogen-bond acceptors (Lipinski definition) is 3. The smallest absolute Gasteiger partial charge is 0.416 e. The molecule has 154 valence electrons. The Morgan fingerprint density at radius 2 is 1.72 bits per heavy atom. The third kappa shape index (κ3) is 5.07. The number of alkyl halides is 3. The SMILES string of the molecule is COC(=O)c1ccc(C2CCN(C(=O)Nc3cccc(C(F)(F)F)c3)CC2)cc1. The fraction of sp³-hybridized carbons (Fsp3) is 0.333. The molecule has 2 amide bonds. The number of methoxy groups -OCH3 is 1. The highest BCUT2D eigenvalue weighted by molar-refractivity contribution is 5.90. The zero-order chi connectivity index (χ0) is 21.0. The Balaban J connectivity index is 1.56. The lowest BCUT2D eigenvalue weighted by Gasteiger charge is -2.32. The number of urea groups is 1. The van der Waals surface area contributed by atoms with Crippen molar-refractivity contribution < 1.29 is 27.5 Å². The largest absolute Gasteiger partial charge is 0.465 e. The summed E-state index contributed by atoms with van der Waals surface area (Å²) in [4.78, 5) is 25.5.